The van der Waals surface area contributed by atoms with Crippen LogP contribution in [0.15, 0.2) is 17.4 Å². The van der Waals surface area contributed by atoms with E-state index in [4.69, 9.17) is 5.73 Å². The highest BCUT2D eigenvalue weighted by atomic mass is 32.2. The number of carbonyl (C=O) groups is 1. The Hall–Kier alpha value is -1.30. The van der Waals surface area contributed by atoms with E-state index in [0.717, 1.165) is 12.2 Å². The minimum absolute atomic E-state index is 0.192. The number of carbonyl (C=O) groups excluding carboxylic acids is 1. The van der Waals surface area contributed by atoms with E-state index < -0.39 is 0 Å². The van der Waals surface area contributed by atoms with Crippen molar-refractivity contribution in [2.75, 3.05) is 18.6 Å². The first-order valence-corrected chi connectivity index (χ1v) is 5.48. The highest BCUT2D eigenvalue weighted by Gasteiger charge is 2.03. The molecule has 0 unspecified atom stereocenters. The molecule has 1 rings (SSSR count). The number of methoxy groups -OCH3 is 1. The van der Waals surface area contributed by atoms with Gasteiger partial charge in [0.2, 0.25) is 0 Å². The molecule has 1 aromatic heterocycles. The zero-order valence-electron chi connectivity index (χ0n) is 8.47. The molecular formula is C9H13N3O2S. The molecule has 15 heavy (non-hydrogen) atoms. The lowest BCUT2D eigenvalue weighted by Gasteiger charge is -2.02. The number of ether oxygens (including phenoxy) is 1. The topological polar surface area (TPSA) is 78.1 Å². The van der Waals surface area contributed by atoms with E-state index in [-0.39, 0.29) is 5.97 Å². The first kappa shape index (κ1) is 11.8. The summed E-state index contributed by atoms with van der Waals surface area (Å²) in [4.78, 5) is 18.8. The molecule has 1 heterocycles. The van der Waals surface area contributed by atoms with Crippen LogP contribution >= 0.6 is 11.8 Å². The number of nitrogens with zero attached hydrogens (tertiary/aromatic N) is 2. The van der Waals surface area contributed by atoms with Crippen LogP contribution in [-0.2, 0) is 9.53 Å². The second-order valence-electron chi connectivity index (χ2n) is 2.77. The predicted molar refractivity (Wildman–Crippen MR) is 58.4 cm³/mol. The molecule has 0 atom stereocenters. The number of hydrogen-bond acceptors (Lipinski definition) is 6. The normalized spacial score (nSPS) is 9.93. The van der Waals surface area contributed by atoms with Crippen LogP contribution in [0.5, 0.6) is 0 Å². The third-order valence-corrected chi connectivity index (χ3v) is 2.76. The number of nitrogen functional groups attached to an aromatic ring is 1. The van der Waals surface area contributed by atoms with Gasteiger partial charge in [-0.25, -0.2) is 9.97 Å². The Morgan fingerprint density at radius 3 is 2.93 bits per heavy atom. The molecule has 5 nitrogen and oxygen atoms in total. The smallest absolute Gasteiger partial charge is 0.305 e. The summed E-state index contributed by atoms with van der Waals surface area (Å²) in [6.07, 6.45) is 4.31. The van der Waals surface area contributed by atoms with E-state index in [9.17, 15) is 4.79 Å². The average molecular weight is 227 g/mol. The summed E-state index contributed by atoms with van der Waals surface area (Å²) >= 11 is 1.49. The molecule has 0 amide bonds. The molecule has 82 valence electrons. The maximum atomic E-state index is 10.8. The van der Waals surface area contributed by atoms with Gasteiger partial charge in [0, 0.05) is 24.6 Å². The number of rotatable bonds is 5. The van der Waals surface area contributed by atoms with Crippen molar-refractivity contribution in [3.63, 3.8) is 0 Å². The van der Waals surface area contributed by atoms with Gasteiger partial charge in [0.15, 0.2) is 5.82 Å². The van der Waals surface area contributed by atoms with E-state index in [0.29, 0.717) is 17.3 Å². The molecule has 0 saturated carbocycles. The molecule has 0 saturated heterocycles. The summed E-state index contributed by atoms with van der Waals surface area (Å²) in [5.41, 5.74) is 5.60. The monoisotopic (exact) mass is 227 g/mol. The minimum atomic E-state index is -0.192. The van der Waals surface area contributed by atoms with Gasteiger partial charge in [0.1, 0.15) is 5.03 Å². The van der Waals surface area contributed by atoms with Crippen molar-refractivity contribution in [3.8, 4) is 0 Å². The average Bonchev–Trinajstić information content (AvgIpc) is 2.26. The summed E-state index contributed by atoms with van der Waals surface area (Å²) in [7, 11) is 1.39. The number of esters is 1. The first-order chi connectivity index (χ1) is 7.24. The molecule has 2 N–H and O–H groups in total. The first-order valence-electron chi connectivity index (χ1n) is 4.50. The highest BCUT2D eigenvalue weighted by molar-refractivity contribution is 7.99. The van der Waals surface area contributed by atoms with E-state index >= 15 is 0 Å². The number of hydrogen-bond donors (Lipinski definition) is 1. The fourth-order valence-corrected chi connectivity index (χ4v) is 1.75. The van der Waals surface area contributed by atoms with Gasteiger partial charge in [0.05, 0.1) is 7.11 Å². The number of anilines is 1. The van der Waals surface area contributed by atoms with Crippen molar-refractivity contribution in [3.05, 3.63) is 12.4 Å². The van der Waals surface area contributed by atoms with Gasteiger partial charge in [-0.05, 0) is 6.42 Å². The third kappa shape index (κ3) is 4.16. The molecule has 0 bridgehead atoms. The molecule has 0 aliphatic heterocycles. The van der Waals surface area contributed by atoms with Crippen molar-refractivity contribution in [1.29, 1.82) is 0 Å². The number of aromatic nitrogens is 2. The summed E-state index contributed by atoms with van der Waals surface area (Å²) in [5, 5.41) is 0.711. The van der Waals surface area contributed by atoms with Crippen LogP contribution in [0.25, 0.3) is 0 Å². The zero-order chi connectivity index (χ0) is 11.1. The second kappa shape index (κ2) is 6.23. The quantitative estimate of drug-likeness (QED) is 0.461. The van der Waals surface area contributed by atoms with E-state index in [1.807, 2.05) is 0 Å². The van der Waals surface area contributed by atoms with Crippen LogP contribution in [0.1, 0.15) is 12.8 Å². The highest BCUT2D eigenvalue weighted by Crippen LogP contribution is 2.20. The number of nitrogens with two attached hydrogens (primary N) is 1. The van der Waals surface area contributed by atoms with Crippen LogP contribution in [-0.4, -0.2) is 28.8 Å². The van der Waals surface area contributed by atoms with Gasteiger partial charge in [0.25, 0.3) is 0 Å². The predicted octanol–water partition coefficient (Wildman–Crippen LogP) is 1.10. The third-order valence-electron chi connectivity index (χ3n) is 1.68. The molecule has 1 aromatic rings. The Morgan fingerprint density at radius 1 is 1.53 bits per heavy atom. The van der Waals surface area contributed by atoms with Crippen molar-refractivity contribution >= 4 is 23.5 Å². The van der Waals surface area contributed by atoms with Gasteiger partial charge in [-0.15, -0.1) is 11.8 Å². The van der Waals surface area contributed by atoms with Crippen LogP contribution < -0.4 is 5.73 Å². The largest absolute Gasteiger partial charge is 0.469 e. The van der Waals surface area contributed by atoms with Gasteiger partial charge in [-0.3, -0.25) is 4.79 Å². The van der Waals surface area contributed by atoms with E-state index in [1.165, 1.54) is 18.9 Å². The van der Waals surface area contributed by atoms with E-state index in [1.54, 1.807) is 12.4 Å². The summed E-state index contributed by atoms with van der Waals surface area (Å²) in [6, 6.07) is 0. The molecule has 0 aliphatic carbocycles. The van der Waals surface area contributed by atoms with Crippen LogP contribution in [0.4, 0.5) is 5.82 Å². The van der Waals surface area contributed by atoms with Gasteiger partial charge >= 0.3 is 5.97 Å². The Balaban J connectivity index is 2.26. The van der Waals surface area contributed by atoms with Crippen molar-refractivity contribution < 1.29 is 9.53 Å². The fourth-order valence-electron chi connectivity index (χ4n) is 0.935. The molecule has 0 spiro atoms. The van der Waals surface area contributed by atoms with Crippen molar-refractivity contribution in [2.24, 2.45) is 0 Å². The van der Waals surface area contributed by atoms with Crippen LogP contribution in [0.3, 0.4) is 0 Å². The molecule has 0 aliphatic rings. The Kier molecular flexibility index (Phi) is 4.89. The minimum Gasteiger partial charge on any atom is -0.469 e. The molecular weight excluding hydrogens is 214 g/mol. The maximum Gasteiger partial charge on any atom is 0.305 e. The number of thioether (sulfide) groups is 1. The fraction of sp³-hybridized carbons (Fsp3) is 0.444. The summed E-state index contributed by atoms with van der Waals surface area (Å²) in [6.45, 7) is 0. The maximum absolute atomic E-state index is 10.8. The van der Waals surface area contributed by atoms with Crippen LogP contribution in [0.2, 0.25) is 0 Å². The standard InChI is InChI=1S/C9H13N3O2S/c1-14-7(13)3-2-6-15-9-8(10)11-4-5-12-9/h4-5H,2-3,6H2,1H3,(H2,10,11). The van der Waals surface area contributed by atoms with Crippen LogP contribution in [0, 0.1) is 0 Å². The van der Waals surface area contributed by atoms with Gasteiger partial charge in [-0.1, -0.05) is 0 Å². The van der Waals surface area contributed by atoms with Gasteiger partial charge in [-0.2, -0.15) is 0 Å². The van der Waals surface area contributed by atoms with Crippen molar-refractivity contribution in [2.45, 2.75) is 17.9 Å². The Bertz CT molecular complexity index is 333. The molecule has 0 radical (unpaired) electrons. The second-order valence-corrected chi connectivity index (χ2v) is 3.86. The summed E-state index contributed by atoms with van der Waals surface area (Å²) < 4.78 is 4.53. The van der Waals surface area contributed by atoms with E-state index in [2.05, 4.69) is 14.7 Å². The lowest BCUT2D eigenvalue weighted by molar-refractivity contribution is -0.140. The lowest BCUT2D eigenvalue weighted by atomic mass is 10.3. The van der Waals surface area contributed by atoms with Gasteiger partial charge < -0.3 is 10.5 Å². The van der Waals surface area contributed by atoms with Crippen molar-refractivity contribution in [1.82, 2.24) is 9.97 Å². The SMILES string of the molecule is COC(=O)CCCSc1nccnc1N. The Labute approximate surface area is 92.4 Å². The zero-order valence-corrected chi connectivity index (χ0v) is 9.29. The molecule has 0 fully saturated rings. The summed E-state index contributed by atoms with van der Waals surface area (Å²) in [5.74, 6) is 1.01. The Morgan fingerprint density at radius 2 is 2.27 bits per heavy atom. The molecule has 6 heteroatoms. The lowest BCUT2D eigenvalue weighted by Crippen LogP contribution is -2.00. The molecule has 0 aromatic carbocycles.